The first-order valence-corrected chi connectivity index (χ1v) is 6.45. The second-order valence-corrected chi connectivity index (χ2v) is 4.75. The van der Waals surface area contributed by atoms with Crippen molar-refractivity contribution in [1.82, 2.24) is 10.6 Å². The maximum Gasteiger partial charge on any atom is 0.253 e. The third kappa shape index (κ3) is 3.63. The minimum atomic E-state index is -0.191. The standard InChI is InChI=1S/C14H22N4O2/c1-9(13(19)16-2)8-18(4)12-7-10(15)5-6-11(12)14(20)17-3/h5-7,9H,8,15H2,1-4H3,(H,16,19)(H,17,20). The highest BCUT2D eigenvalue weighted by molar-refractivity contribution is 6.00. The van der Waals surface area contributed by atoms with Gasteiger partial charge in [-0.25, -0.2) is 0 Å². The molecular weight excluding hydrogens is 256 g/mol. The minimum absolute atomic E-state index is 0.0396. The van der Waals surface area contributed by atoms with Crippen LogP contribution >= 0.6 is 0 Å². The Morgan fingerprint density at radius 1 is 1.30 bits per heavy atom. The Balaban J connectivity index is 3.02. The molecule has 2 amide bonds. The number of anilines is 2. The molecule has 0 heterocycles. The van der Waals surface area contributed by atoms with Gasteiger partial charge in [-0.15, -0.1) is 0 Å². The number of nitrogen functional groups attached to an aromatic ring is 1. The highest BCUT2D eigenvalue weighted by Crippen LogP contribution is 2.23. The maximum atomic E-state index is 11.9. The molecular formula is C14H22N4O2. The van der Waals surface area contributed by atoms with Gasteiger partial charge >= 0.3 is 0 Å². The van der Waals surface area contributed by atoms with Crippen LogP contribution in [0.3, 0.4) is 0 Å². The van der Waals surface area contributed by atoms with E-state index in [2.05, 4.69) is 10.6 Å². The van der Waals surface area contributed by atoms with Crippen molar-refractivity contribution in [3.63, 3.8) is 0 Å². The second kappa shape index (κ2) is 6.79. The van der Waals surface area contributed by atoms with E-state index in [1.807, 2.05) is 18.9 Å². The van der Waals surface area contributed by atoms with Gasteiger partial charge in [0.05, 0.1) is 17.2 Å². The number of nitrogens with one attached hydrogen (secondary N) is 2. The van der Waals surface area contributed by atoms with Crippen LogP contribution in [0.2, 0.25) is 0 Å². The van der Waals surface area contributed by atoms with Crippen LogP contribution in [-0.4, -0.2) is 39.5 Å². The minimum Gasteiger partial charge on any atom is -0.399 e. The van der Waals surface area contributed by atoms with Crippen LogP contribution in [0.4, 0.5) is 11.4 Å². The number of hydrogen-bond acceptors (Lipinski definition) is 4. The maximum absolute atomic E-state index is 11.9. The van der Waals surface area contributed by atoms with Gasteiger partial charge in [0.15, 0.2) is 0 Å². The summed E-state index contributed by atoms with van der Waals surface area (Å²) in [5, 5.41) is 5.21. The molecule has 1 unspecified atom stereocenters. The molecule has 0 aliphatic heterocycles. The van der Waals surface area contributed by atoms with E-state index in [0.717, 1.165) is 0 Å². The van der Waals surface area contributed by atoms with Crippen molar-refractivity contribution in [2.75, 3.05) is 38.3 Å². The lowest BCUT2D eigenvalue weighted by atomic mass is 10.1. The summed E-state index contributed by atoms with van der Waals surface area (Å²) in [5.74, 6) is -0.411. The molecule has 20 heavy (non-hydrogen) atoms. The van der Waals surface area contributed by atoms with Gasteiger partial charge < -0.3 is 21.3 Å². The zero-order valence-electron chi connectivity index (χ0n) is 12.4. The van der Waals surface area contributed by atoms with Crippen molar-refractivity contribution < 1.29 is 9.59 Å². The summed E-state index contributed by atoms with van der Waals surface area (Å²) < 4.78 is 0. The Morgan fingerprint density at radius 3 is 2.50 bits per heavy atom. The lowest BCUT2D eigenvalue weighted by molar-refractivity contribution is -0.123. The Kier molecular flexibility index (Phi) is 5.37. The molecule has 1 aromatic carbocycles. The first kappa shape index (κ1) is 15.8. The van der Waals surface area contributed by atoms with E-state index in [0.29, 0.717) is 23.5 Å². The van der Waals surface area contributed by atoms with Crippen LogP contribution in [0.1, 0.15) is 17.3 Å². The second-order valence-electron chi connectivity index (χ2n) is 4.75. The molecule has 0 saturated carbocycles. The fourth-order valence-electron chi connectivity index (χ4n) is 2.03. The SMILES string of the molecule is CNC(=O)c1ccc(N)cc1N(C)CC(C)C(=O)NC. The number of rotatable bonds is 5. The van der Waals surface area contributed by atoms with Crippen molar-refractivity contribution in [1.29, 1.82) is 0 Å². The average molecular weight is 278 g/mol. The van der Waals surface area contributed by atoms with Crippen LogP contribution in [0.25, 0.3) is 0 Å². The summed E-state index contributed by atoms with van der Waals surface area (Å²) in [6.45, 7) is 2.33. The van der Waals surface area contributed by atoms with Crippen molar-refractivity contribution in [3.05, 3.63) is 23.8 Å². The first-order chi connectivity index (χ1) is 9.40. The number of amides is 2. The molecule has 1 atom stereocenters. The van der Waals surface area contributed by atoms with Crippen molar-refractivity contribution in [3.8, 4) is 0 Å². The van der Waals surface area contributed by atoms with Crippen LogP contribution in [0.15, 0.2) is 18.2 Å². The van der Waals surface area contributed by atoms with Gasteiger partial charge in [-0.2, -0.15) is 0 Å². The number of carbonyl (C=O) groups excluding carboxylic acids is 2. The monoisotopic (exact) mass is 278 g/mol. The zero-order valence-corrected chi connectivity index (χ0v) is 12.4. The quantitative estimate of drug-likeness (QED) is 0.682. The van der Waals surface area contributed by atoms with Gasteiger partial charge in [-0.05, 0) is 18.2 Å². The van der Waals surface area contributed by atoms with E-state index >= 15 is 0 Å². The summed E-state index contributed by atoms with van der Waals surface area (Å²) in [6.07, 6.45) is 0. The van der Waals surface area contributed by atoms with Gasteiger partial charge in [-0.1, -0.05) is 6.92 Å². The van der Waals surface area contributed by atoms with Gasteiger partial charge in [0.2, 0.25) is 5.91 Å². The van der Waals surface area contributed by atoms with Crippen LogP contribution < -0.4 is 21.3 Å². The number of benzene rings is 1. The predicted octanol–water partition coefficient (Wildman–Crippen LogP) is 0.447. The van der Waals surface area contributed by atoms with E-state index in [-0.39, 0.29) is 17.7 Å². The van der Waals surface area contributed by atoms with Gasteiger partial charge in [-0.3, -0.25) is 9.59 Å². The molecule has 1 aromatic rings. The molecule has 1 rings (SSSR count). The lowest BCUT2D eigenvalue weighted by Gasteiger charge is -2.25. The average Bonchev–Trinajstić information content (AvgIpc) is 2.45. The van der Waals surface area contributed by atoms with Gasteiger partial charge in [0, 0.05) is 33.4 Å². The van der Waals surface area contributed by atoms with E-state index in [1.165, 1.54) is 0 Å². The Bertz CT molecular complexity index is 502. The van der Waals surface area contributed by atoms with E-state index in [9.17, 15) is 9.59 Å². The molecule has 0 aliphatic carbocycles. The third-order valence-corrected chi connectivity index (χ3v) is 3.15. The van der Waals surface area contributed by atoms with E-state index in [1.54, 1.807) is 32.3 Å². The summed E-state index contributed by atoms with van der Waals surface area (Å²) in [6, 6.07) is 5.11. The highest BCUT2D eigenvalue weighted by Gasteiger charge is 2.18. The van der Waals surface area contributed by atoms with E-state index in [4.69, 9.17) is 5.73 Å². The molecule has 0 saturated heterocycles. The number of carbonyl (C=O) groups is 2. The topological polar surface area (TPSA) is 87.5 Å². The molecule has 6 heteroatoms. The molecule has 0 radical (unpaired) electrons. The molecule has 0 aliphatic rings. The number of nitrogens with two attached hydrogens (primary N) is 1. The summed E-state index contributed by atoms with van der Waals surface area (Å²) >= 11 is 0. The predicted molar refractivity (Wildman–Crippen MR) is 80.7 cm³/mol. The Hall–Kier alpha value is -2.24. The molecule has 0 spiro atoms. The van der Waals surface area contributed by atoms with Crippen molar-refractivity contribution >= 4 is 23.2 Å². The van der Waals surface area contributed by atoms with Gasteiger partial charge in [0.1, 0.15) is 0 Å². The normalized spacial score (nSPS) is 11.6. The van der Waals surface area contributed by atoms with Gasteiger partial charge in [0.25, 0.3) is 5.91 Å². The summed E-state index contributed by atoms with van der Waals surface area (Å²) in [4.78, 5) is 25.3. The van der Waals surface area contributed by atoms with Crippen LogP contribution in [0, 0.1) is 5.92 Å². The van der Waals surface area contributed by atoms with Crippen LogP contribution in [-0.2, 0) is 4.79 Å². The molecule has 0 fully saturated rings. The first-order valence-electron chi connectivity index (χ1n) is 6.45. The lowest BCUT2D eigenvalue weighted by Crippen LogP contribution is -2.35. The third-order valence-electron chi connectivity index (χ3n) is 3.15. The highest BCUT2D eigenvalue weighted by atomic mass is 16.2. The summed E-state index contributed by atoms with van der Waals surface area (Å²) in [7, 11) is 5.02. The molecule has 4 N–H and O–H groups in total. The Labute approximate surface area is 119 Å². The van der Waals surface area contributed by atoms with E-state index < -0.39 is 0 Å². The number of nitrogens with zero attached hydrogens (tertiary/aromatic N) is 1. The fraction of sp³-hybridized carbons (Fsp3) is 0.429. The van der Waals surface area contributed by atoms with Crippen molar-refractivity contribution in [2.45, 2.75) is 6.92 Å². The van der Waals surface area contributed by atoms with Crippen LogP contribution in [0.5, 0.6) is 0 Å². The molecule has 0 aromatic heterocycles. The smallest absolute Gasteiger partial charge is 0.253 e. The zero-order chi connectivity index (χ0) is 15.3. The molecule has 110 valence electrons. The fourth-order valence-corrected chi connectivity index (χ4v) is 2.03. The summed E-state index contributed by atoms with van der Waals surface area (Å²) in [5.41, 5.74) is 7.61. The largest absolute Gasteiger partial charge is 0.399 e. The molecule has 6 nitrogen and oxygen atoms in total. The van der Waals surface area contributed by atoms with Crippen molar-refractivity contribution in [2.24, 2.45) is 5.92 Å². The Morgan fingerprint density at radius 2 is 1.95 bits per heavy atom. The number of hydrogen-bond donors (Lipinski definition) is 3. The molecule has 0 bridgehead atoms.